The van der Waals surface area contributed by atoms with Crippen LogP contribution in [0.5, 0.6) is 0 Å². The fourth-order valence-electron chi connectivity index (χ4n) is 1.79. The molecule has 0 atom stereocenters. The summed E-state index contributed by atoms with van der Waals surface area (Å²) < 4.78 is 0. The lowest BCUT2D eigenvalue weighted by atomic mass is 10.0. The Morgan fingerprint density at radius 1 is 1.31 bits per heavy atom. The Morgan fingerprint density at radius 2 is 2.00 bits per heavy atom. The minimum absolute atomic E-state index is 0.427. The lowest BCUT2D eigenvalue weighted by Crippen LogP contribution is -2.12. The number of aromatic nitrogens is 2. The van der Waals surface area contributed by atoms with E-state index in [4.69, 9.17) is 0 Å². The van der Waals surface area contributed by atoms with Crippen molar-refractivity contribution in [2.75, 3.05) is 17.2 Å². The van der Waals surface area contributed by atoms with Gasteiger partial charge in [0, 0.05) is 18.2 Å². The van der Waals surface area contributed by atoms with Gasteiger partial charge in [0.15, 0.2) is 0 Å². The predicted octanol–water partition coefficient (Wildman–Crippen LogP) is 2.61. The molecule has 2 rings (SSSR count). The molecule has 4 nitrogen and oxygen atoms in total. The second-order valence-electron chi connectivity index (χ2n) is 4.59. The molecule has 4 heteroatoms. The quantitative estimate of drug-likeness (QED) is 0.801. The van der Waals surface area contributed by atoms with Crippen molar-refractivity contribution in [3.63, 3.8) is 0 Å². The fraction of sp³-hybridized carbons (Fsp3) is 0.667. The first kappa shape index (κ1) is 11.2. The summed E-state index contributed by atoms with van der Waals surface area (Å²) in [6.45, 7) is 7.33. The van der Waals surface area contributed by atoms with Crippen LogP contribution in [0.15, 0.2) is 6.33 Å². The highest BCUT2D eigenvalue weighted by molar-refractivity contribution is 5.59. The van der Waals surface area contributed by atoms with Gasteiger partial charge in [0.2, 0.25) is 0 Å². The molecule has 1 heterocycles. The number of rotatable bonds is 5. The summed E-state index contributed by atoms with van der Waals surface area (Å²) in [6, 6.07) is 0.627. The monoisotopic (exact) mass is 220 g/mol. The lowest BCUT2D eigenvalue weighted by molar-refractivity contribution is 0.844. The van der Waals surface area contributed by atoms with Crippen LogP contribution in [0, 0.1) is 0 Å². The average Bonchev–Trinajstić information content (AvgIpc) is 3.02. The fourth-order valence-corrected chi connectivity index (χ4v) is 1.79. The molecule has 0 amide bonds. The van der Waals surface area contributed by atoms with Crippen molar-refractivity contribution >= 4 is 11.6 Å². The van der Waals surface area contributed by atoms with Crippen molar-refractivity contribution in [1.82, 2.24) is 9.97 Å². The molecule has 0 bridgehead atoms. The van der Waals surface area contributed by atoms with Crippen molar-refractivity contribution in [1.29, 1.82) is 0 Å². The topological polar surface area (TPSA) is 49.8 Å². The molecule has 1 aromatic rings. The van der Waals surface area contributed by atoms with Gasteiger partial charge in [-0.3, -0.25) is 0 Å². The van der Waals surface area contributed by atoms with Crippen molar-refractivity contribution in [2.45, 2.75) is 45.6 Å². The maximum absolute atomic E-state index is 4.36. The Morgan fingerprint density at radius 3 is 2.56 bits per heavy atom. The minimum atomic E-state index is 0.427. The van der Waals surface area contributed by atoms with Crippen molar-refractivity contribution in [2.24, 2.45) is 0 Å². The maximum atomic E-state index is 4.36. The highest BCUT2D eigenvalue weighted by atomic mass is 15.1. The summed E-state index contributed by atoms with van der Waals surface area (Å²) >= 11 is 0. The third-order valence-corrected chi connectivity index (χ3v) is 2.72. The molecule has 0 spiro atoms. The van der Waals surface area contributed by atoms with Crippen molar-refractivity contribution in [3.05, 3.63) is 11.9 Å². The molecule has 0 aliphatic heterocycles. The van der Waals surface area contributed by atoms with E-state index in [0.717, 1.165) is 18.2 Å². The van der Waals surface area contributed by atoms with Crippen molar-refractivity contribution < 1.29 is 0 Å². The van der Waals surface area contributed by atoms with Crippen LogP contribution >= 0.6 is 0 Å². The van der Waals surface area contributed by atoms with E-state index >= 15 is 0 Å². The van der Waals surface area contributed by atoms with E-state index in [9.17, 15) is 0 Å². The molecular formula is C12H20N4. The minimum Gasteiger partial charge on any atom is -0.370 e. The van der Waals surface area contributed by atoms with Gasteiger partial charge in [-0.2, -0.15) is 0 Å². The number of nitrogens with one attached hydrogen (secondary N) is 2. The van der Waals surface area contributed by atoms with Crippen LogP contribution in [-0.2, 0) is 0 Å². The summed E-state index contributed by atoms with van der Waals surface area (Å²) in [7, 11) is 0. The first-order chi connectivity index (χ1) is 7.72. The number of anilines is 2. The molecule has 0 radical (unpaired) electrons. The van der Waals surface area contributed by atoms with Gasteiger partial charge in [-0.15, -0.1) is 0 Å². The van der Waals surface area contributed by atoms with Gasteiger partial charge < -0.3 is 10.6 Å². The molecular weight excluding hydrogens is 200 g/mol. The van der Waals surface area contributed by atoms with Crippen LogP contribution in [0.25, 0.3) is 0 Å². The van der Waals surface area contributed by atoms with E-state index in [2.05, 4.69) is 41.4 Å². The van der Waals surface area contributed by atoms with E-state index in [1.54, 1.807) is 6.33 Å². The van der Waals surface area contributed by atoms with Gasteiger partial charge in [-0.1, -0.05) is 13.8 Å². The molecule has 88 valence electrons. The average molecular weight is 220 g/mol. The Bertz CT molecular complexity index is 358. The van der Waals surface area contributed by atoms with E-state index < -0.39 is 0 Å². The zero-order valence-corrected chi connectivity index (χ0v) is 10.2. The Labute approximate surface area is 96.9 Å². The van der Waals surface area contributed by atoms with E-state index in [1.165, 1.54) is 18.4 Å². The zero-order chi connectivity index (χ0) is 11.5. The molecule has 1 aliphatic carbocycles. The Kier molecular flexibility index (Phi) is 3.27. The Balaban J connectivity index is 2.29. The molecule has 1 saturated carbocycles. The number of nitrogens with zero attached hydrogens (tertiary/aromatic N) is 2. The van der Waals surface area contributed by atoms with Crippen molar-refractivity contribution in [3.8, 4) is 0 Å². The van der Waals surface area contributed by atoms with Gasteiger partial charge >= 0.3 is 0 Å². The lowest BCUT2D eigenvalue weighted by Gasteiger charge is -2.17. The van der Waals surface area contributed by atoms with Crippen LogP contribution in [0.3, 0.4) is 0 Å². The molecule has 16 heavy (non-hydrogen) atoms. The second-order valence-corrected chi connectivity index (χ2v) is 4.59. The van der Waals surface area contributed by atoms with Crippen LogP contribution in [-0.4, -0.2) is 22.6 Å². The molecule has 0 aromatic carbocycles. The predicted molar refractivity (Wildman–Crippen MR) is 66.9 cm³/mol. The standard InChI is InChI=1S/C12H20N4/c1-4-13-11-10(8(2)3)12(15-7-14-11)16-9-5-6-9/h7-9H,4-6H2,1-3H3,(H2,13,14,15,16). The summed E-state index contributed by atoms with van der Waals surface area (Å²) in [4.78, 5) is 8.68. The van der Waals surface area contributed by atoms with Crippen LogP contribution in [0.4, 0.5) is 11.6 Å². The summed E-state index contributed by atoms with van der Waals surface area (Å²) in [5.41, 5.74) is 1.20. The van der Waals surface area contributed by atoms with Gasteiger partial charge in [0.25, 0.3) is 0 Å². The molecule has 1 fully saturated rings. The van der Waals surface area contributed by atoms with Gasteiger partial charge in [0.05, 0.1) is 0 Å². The first-order valence-electron chi connectivity index (χ1n) is 6.07. The van der Waals surface area contributed by atoms with E-state index in [1.807, 2.05) is 0 Å². The molecule has 0 unspecified atom stereocenters. The normalized spacial score (nSPS) is 15.2. The highest BCUT2D eigenvalue weighted by Gasteiger charge is 2.24. The van der Waals surface area contributed by atoms with E-state index in [-0.39, 0.29) is 0 Å². The third-order valence-electron chi connectivity index (χ3n) is 2.72. The van der Waals surface area contributed by atoms with Crippen LogP contribution < -0.4 is 10.6 Å². The molecule has 1 aliphatic rings. The van der Waals surface area contributed by atoms with E-state index in [0.29, 0.717) is 12.0 Å². The van der Waals surface area contributed by atoms with Gasteiger partial charge in [0.1, 0.15) is 18.0 Å². The largest absolute Gasteiger partial charge is 0.370 e. The maximum Gasteiger partial charge on any atom is 0.135 e. The first-order valence-corrected chi connectivity index (χ1v) is 6.07. The van der Waals surface area contributed by atoms with Gasteiger partial charge in [-0.25, -0.2) is 9.97 Å². The summed E-state index contributed by atoms with van der Waals surface area (Å²) in [5, 5.41) is 6.77. The summed E-state index contributed by atoms with van der Waals surface area (Å²) in [6.07, 6.45) is 4.16. The smallest absolute Gasteiger partial charge is 0.135 e. The molecule has 2 N–H and O–H groups in total. The number of hydrogen-bond donors (Lipinski definition) is 2. The van der Waals surface area contributed by atoms with Gasteiger partial charge in [-0.05, 0) is 25.7 Å². The molecule has 1 aromatic heterocycles. The summed E-state index contributed by atoms with van der Waals surface area (Å²) in [5.74, 6) is 2.40. The third kappa shape index (κ3) is 2.43. The zero-order valence-electron chi connectivity index (χ0n) is 10.2. The van der Waals surface area contributed by atoms with Crippen LogP contribution in [0.2, 0.25) is 0 Å². The van der Waals surface area contributed by atoms with Crippen LogP contribution in [0.1, 0.15) is 45.1 Å². The SMILES string of the molecule is CCNc1ncnc(NC2CC2)c1C(C)C. The highest BCUT2D eigenvalue weighted by Crippen LogP contribution is 2.32. The Hall–Kier alpha value is -1.32. The number of hydrogen-bond acceptors (Lipinski definition) is 4. The second kappa shape index (κ2) is 4.68. The molecule has 0 saturated heterocycles.